The lowest BCUT2D eigenvalue weighted by Crippen LogP contribution is -2.00. The molecule has 0 heteroatoms. The molecule has 0 aliphatic heterocycles. The van der Waals surface area contributed by atoms with E-state index in [9.17, 15) is 0 Å². The van der Waals surface area contributed by atoms with Crippen molar-refractivity contribution in [3.05, 3.63) is 0 Å². The Morgan fingerprint density at radius 3 is 0.536 bits per heavy atom. The van der Waals surface area contributed by atoms with Gasteiger partial charge < -0.3 is 0 Å². The number of hydrogen-bond donors (Lipinski definition) is 0. The van der Waals surface area contributed by atoms with Gasteiger partial charge in [-0.1, -0.05) is 160 Å². The standard InChI is InChI=1S/C5H4.2C4H10.C3H6.C3H8.9CH4/c1-2-4-3(1)5(1,2)4;2*1-3-4-2;1-2-3-1;1-3-2;;;;;;;;;/h1-4H;2*3-4H2,1-2H3;1-3H2;3H2,1-2H3;9*1H4. The smallest absolute Gasteiger partial charge is 0.0161 e. The first-order valence-corrected chi connectivity index (χ1v) is 9.23. The fourth-order valence-corrected chi connectivity index (χ4v) is 2.66. The maximum atomic E-state index is 2.18. The van der Waals surface area contributed by atoms with Crippen molar-refractivity contribution in [1.82, 2.24) is 0 Å². The van der Waals surface area contributed by atoms with Crippen LogP contribution in [-0.2, 0) is 0 Å². The van der Waals surface area contributed by atoms with Crippen LogP contribution < -0.4 is 0 Å². The lowest BCUT2D eigenvalue weighted by atomic mass is 10.0. The molecular formula is C28H74. The third kappa shape index (κ3) is 13.3. The molecule has 1 spiro atoms. The molecule has 5 aliphatic rings. The quantitative estimate of drug-likeness (QED) is 0.424. The van der Waals surface area contributed by atoms with Crippen LogP contribution in [0, 0.1) is 29.1 Å². The second kappa shape index (κ2) is 27.0. The van der Waals surface area contributed by atoms with Gasteiger partial charge in [-0.2, -0.15) is 0 Å². The van der Waals surface area contributed by atoms with Crippen LogP contribution in [0.2, 0.25) is 0 Å². The Balaban J connectivity index is -0.0000000217. The molecule has 0 saturated heterocycles. The van der Waals surface area contributed by atoms with Crippen LogP contribution in [0.4, 0.5) is 0 Å². The second-order valence-electron chi connectivity index (χ2n) is 6.87. The molecule has 0 radical (unpaired) electrons. The van der Waals surface area contributed by atoms with Crippen LogP contribution >= 0.6 is 0 Å². The molecule has 0 unspecified atom stereocenters. The van der Waals surface area contributed by atoms with Gasteiger partial charge in [0.05, 0.1) is 0 Å². The van der Waals surface area contributed by atoms with Crippen molar-refractivity contribution in [2.45, 2.75) is 160 Å². The molecule has 5 saturated carbocycles. The van der Waals surface area contributed by atoms with E-state index in [0.29, 0.717) is 0 Å². The fraction of sp³-hybridized carbons (Fsp3) is 1.00. The number of unbranched alkanes of at least 4 members (excludes halogenated alkanes) is 2. The van der Waals surface area contributed by atoms with E-state index in [1.54, 1.807) is 0 Å². The van der Waals surface area contributed by atoms with E-state index in [1.165, 1.54) is 80.5 Å². The van der Waals surface area contributed by atoms with Crippen molar-refractivity contribution in [2.75, 3.05) is 0 Å². The van der Waals surface area contributed by atoms with Gasteiger partial charge in [0, 0.05) is 0 Å². The van der Waals surface area contributed by atoms with E-state index in [-0.39, 0.29) is 66.8 Å². The Kier molecular flexibility index (Phi) is 54.5. The maximum Gasteiger partial charge on any atom is -0.0161 e. The number of hydrogen-bond acceptors (Lipinski definition) is 0. The van der Waals surface area contributed by atoms with Gasteiger partial charge in [-0.25, -0.2) is 0 Å². The summed E-state index contributed by atoms with van der Waals surface area (Å²) in [5, 5.41) is 0. The zero-order chi connectivity index (χ0) is 14.5. The molecule has 5 fully saturated rings. The molecule has 0 N–H and O–H groups in total. The summed E-state index contributed by atoms with van der Waals surface area (Å²) < 4.78 is 0. The third-order valence-corrected chi connectivity index (χ3v) is 4.77. The molecule has 0 bridgehead atoms. The first-order chi connectivity index (χ1) is 9.23. The first kappa shape index (κ1) is 56.5. The van der Waals surface area contributed by atoms with Crippen molar-refractivity contribution < 1.29 is 0 Å². The van der Waals surface area contributed by atoms with Gasteiger partial charge in [-0.05, 0) is 29.1 Å². The largest absolute Gasteiger partial charge is 0.0776 e. The average Bonchev–Trinajstić information content (AvgIpc) is 3.19. The molecule has 0 aromatic heterocycles. The highest BCUT2D eigenvalue weighted by Gasteiger charge is 3.21. The van der Waals surface area contributed by atoms with Crippen LogP contribution in [0.5, 0.6) is 0 Å². The lowest BCUT2D eigenvalue weighted by Gasteiger charge is -2.03. The van der Waals surface area contributed by atoms with Crippen molar-refractivity contribution >= 4 is 0 Å². The molecule has 0 nitrogen and oxygen atoms in total. The predicted molar refractivity (Wildman–Crippen MR) is 148 cm³/mol. The Morgan fingerprint density at radius 1 is 0.429 bits per heavy atom. The highest BCUT2D eigenvalue weighted by atomic mass is 15.2. The van der Waals surface area contributed by atoms with E-state index < -0.39 is 0 Å². The summed E-state index contributed by atoms with van der Waals surface area (Å²) >= 11 is 0. The Hall–Kier alpha value is 0. The van der Waals surface area contributed by atoms with E-state index >= 15 is 0 Å². The monoisotopic (exact) mass is 411 g/mol. The first-order valence-electron chi connectivity index (χ1n) is 9.23. The molecule has 0 aromatic rings. The summed E-state index contributed by atoms with van der Waals surface area (Å²) in [6, 6.07) is 0. The minimum absolute atomic E-state index is 0. The molecule has 0 amide bonds. The molecule has 5 rings (SSSR count). The second-order valence-corrected chi connectivity index (χ2v) is 6.87. The molecule has 5 aliphatic carbocycles. The van der Waals surface area contributed by atoms with Crippen LogP contribution in [0.15, 0.2) is 0 Å². The molecule has 0 atom stereocenters. The summed E-state index contributed by atoms with van der Waals surface area (Å²) in [5.41, 5.74) is 1.17. The summed E-state index contributed by atoms with van der Waals surface area (Å²) in [5.74, 6) is 5.42. The van der Waals surface area contributed by atoms with Crippen LogP contribution in [0.3, 0.4) is 0 Å². The van der Waals surface area contributed by atoms with Gasteiger partial charge >= 0.3 is 0 Å². The maximum absolute atomic E-state index is 2.18. The SMILES string of the molecule is C.C.C.C.C.C.C.C.C.C12C3C4C1C234.C1CC1.CCC.CCCC.CCCC. The van der Waals surface area contributed by atoms with Crippen LogP contribution in [0.25, 0.3) is 0 Å². The molecule has 186 valence electrons. The predicted octanol–water partition coefficient (Wildman–Crippen LogP) is 12.4. The Morgan fingerprint density at radius 2 is 0.536 bits per heavy atom. The molecule has 0 heterocycles. The van der Waals surface area contributed by atoms with Crippen molar-refractivity contribution in [2.24, 2.45) is 29.1 Å². The van der Waals surface area contributed by atoms with Crippen molar-refractivity contribution in [3.8, 4) is 0 Å². The minimum Gasteiger partial charge on any atom is -0.0776 e. The van der Waals surface area contributed by atoms with Crippen molar-refractivity contribution in [1.29, 1.82) is 0 Å². The summed E-state index contributed by atoms with van der Waals surface area (Å²) in [7, 11) is 0. The number of fused-ring (bicyclic) bond motifs is 4. The van der Waals surface area contributed by atoms with E-state index in [1.807, 2.05) is 0 Å². The average molecular weight is 411 g/mol. The zero-order valence-electron chi connectivity index (χ0n) is 14.5. The van der Waals surface area contributed by atoms with E-state index in [4.69, 9.17) is 0 Å². The van der Waals surface area contributed by atoms with Gasteiger partial charge in [-0.15, -0.1) is 0 Å². The Bertz CT molecular complexity index is 184. The van der Waals surface area contributed by atoms with Gasteiger partial charge in [0.1, 0.15) is 0 Å². The van der Waals surface area contributed by atoms with Gasteiger partial charge in [0.15, 0.2) is 0 Å². The summed E-state index contributed by atoms with van der Waals surface area (Å²) in [4.78, 5) is 0. The zero-order valence-corrected chi connectivity index (χ0v) is 14.5. The summed E-state index contributed by atoms with van der Waals surface area (Å²) in [6.07, 6.45) is 11.0. The summed E-state index contributed by atoms with van der Waals surface area (Å²) in [6.45, 7) is 13.0. The van der Waals surface area contributed by atoms with Gasteiger partial charge in [0.25, 0.3) is 0 Å². The molecule has 28 heavy (non-hydrogen) atoms. The normalized spacial score (nSPS) is 27.6. The van der Waals surface area contributed by atoms with Crippen LogP contribution in [0.1, 0.15) is 160 Å². The molecule has 0 aromatic carbocycles. The van der Waals surface area contributed by atoms with E-state index in [0.717, 1.165) is 0 Å². The van der Waals surface area contributed by atoms with Crippen molar-refractivity contribution in [3.63, 3.8) is 0 Å². The highest BCUT2D eigenvalue weighted by molar-refractivity contribution is 5.67. The third-order valence-electron chi connectivity index (χ3n) is 4.77. The highest BCUT2D eigenvalue weighted by Crippen LogP contribution is 3.24. The Labute approximate surface area is 189 Å². The van der Waals surface area contributed by atoms with Gasteiger partial charge in [0.2, 0.25) is 0 Å². The van der Waals surface area contributed by atoms with Crippen LogP contribution in [-0.4, -0.2) is 0 Å². The molecular weight excluding hydrogens is 336 g/mol. The lowest BCUT2D eigenvalue weighted by molar-refractivity contribution is 0.434. The topological polar surface area (TPSA) is 0 Å². The van der Waals surface area contributed by atoms with E-state index in [2.05, 4.69) is 41.5 Å². The minimum atomic E-state index is 0. The fourth-order valence-electron chi connectivity index (χ4n) is 2.66. The number of rotatable bonds is 2. The van der Waals surface area contributed by atoms with Gasteiger partial charge in [-0.3, -0.25) is 0 Å².